The van der Waals surface area contributed by atoms with E-state index in [0.29, 0.717) is 43.4 Å². The van der Waals surface area contributed by atoms with Crippen LogP contribution in [-0.4, -0.2) is 61.6 Å². The van der Waals surface area contributed by atoms with E-state index in [9.17, 15) is 9.59 Å². The standard InChI is InChI=1S/C23H32N2O4/c1-4-15-29-19-8-6-18(7-9-19)20-21(24-13-10-17(2)11-14-24)23(27)25(22(20)26)12-5-16-28-3/h6-9,17H,4-5,10-16H2,1-3H3. The molecule has 0 atom stereocenters. The second kappa shape index (κ2) is 9.92. The Hall–Kier alpha value is -2.34. The van der Waals surface area contributed by atoms with Crippen molar-refractivity contribution in [2.45, 2.75) is 39.5 Å². The van der Waals surface area contributed by atoms with Crippen molar-refractivity contribution < 1.29 is 19.1 Å². The summed E-state index contributed by atoms with van der Waals surface area (Å²) in [6.45, 7) is 7.47. The number of carbonyl (C=O) groups excluding carboxylic acids is 2. The molecule has 0 saturated carbocycles. The lowest BCUT2D eigenvalue weighted by Crippen LogP contribution is -2.39. The third-order valence-electron chi connectivity index (χ3n) is 5.59. The van der Waals surface area contributed by atoms with Gasteiger partial charge in [0.25, 0.3) is 11.8 Å². The predicted octanol–water partition coefficient (Wildman–Crippen LogP) is 3.32. The van der Waals surface area contributed by atoms with Gasteiger partial charge in [-0.15, -0.1) is 0 Å². The first-order valence-electron chi connectivity index (χ1n) is 10.6. The Morgan fingerprint density at radius 2 is 1.72 bits per heavy atom. The molecule has 1 aromatic rings. The van der Waals surface area contributed by atoms with Crippen molar-refractivity contribution in [3.05, 3.63) is 35.5 Å². The van der Waals surface area contributed by atoms with Crippen molar-refractivity contribution in [1.82, 2.24) is 9.80 Å². The van der Waals surface area contributed by atoms with E-state index >= 15 is 0 Å². The molecule has 3 rings (SSSR count). The summed E-state index contributed by atoms with van der Waals surface area (Å²) in [7, 11) is 1.62. The molecule has 1 fully saturated rings. The van der Waals surface area contributed by atoms with E-state index in [1.807, 2.05) is 24.3 Å². The fraction of sp³-hybridized carbons (Fsp3) is 0.565. The van der Waals surface area contributed by atoms with Gasteiger partial charge in [0.15, 0.2) is 0 Å². The number of ether oxygens (including phenoxy) is 2. The quantitative estimate of drug-likeness (QED) is 0.470. The van der Waals surface area contributed by atoms with Gasteiger partial charge in [0, 0.05) is 33.4 Å². The number of hydrogen-bond donors (Lipinski definition) is 0. The highest BCUT2D eigenvalue weighted by molar-refractivity contribution is 6.35. The Morgan fingerprint density at radius 1 is 1.03 bits per heavy atom. The molecule has 0 spiro atoms. The number of methoxy groups -OCH3 is 1. The van der Waals surface area contributed by atoms with Gasteiger partial charge in [-0.05, 0) is 49.3 Å². The van der Waals surface area contributed by atoms with Gasteiger partial charge in [-0.2, -0.15) is 0 Å². The second-order valence-electron chi connectivity index (χ2n) is 7.87. The summed E-state index contributed by atoms with van der Waals surface area (Å²) >= 11 is 0. The average molecular weight is 401 g/mol. The van der Waals surface area contributed by atoms with Gasteiger partial charge in [-0.25, -0.2) is 0 Å². The van der Waals surface area contributed by atoms with Crippen LogP contribution in [0.1, 0.15) is 45.1 Å². The van der Waals surface area contributed by atoms with Gasteiger partial charge in [-0.3, -0.25) is 14.5 Å². The largest absolute Gasteiger partial charge is 0.494 e. The molecular weight excluding hydrogens is 368 g/mol. The molecule has 0 N–H and O–H groups in total. The van der Waals surface area contributed by atoms with Crippen LogP contribution in [0.25, 0.3) is 5.57 Å². The van der Waals surface area contributed by atoms with Crippen molar-refractivity contribution in [1.29, 1.82) is 0 Å². The molecule has 158 valence electrons. The summed E-state index contributed by atoms with van der Waals surface area (Å²) in [6, 6.07) is 7.52. The van der Waals surface area contributed by atoms with Crippen LogP contribution in [0.3, 0.4) is 0 Å². The van der Waals surface area contributed by atoms with Crippen LogP contribution in [0.4, 0.5) is 0 Å². The Labute approximate surface area is 173 Å². The number of rotatable bonds is 9. The maximum Gasteiger partial charge on any atom is 0.277 e. The smallest absolute Gasteiger partial charge is 0.277 e. The van der Waals surface area contributed by atoms with E-state index in [4.69, 9.17) is 9.47 Å². The second-order valence-corrected chi connectivity index (χ2v) is 7.87. The van der Waals surface area contributed by atoms with Crippen LogP contribution in [0.5, 0.6) is 5.75 Å². The van der Waals surface area contributed by atoms with Crippen LogP contribution in [0.2, 0.25) is 0 Å². The molecule has 0 radical (unpaired) electrons. The van der Waals surface area contributed by atoms with E-state index in [-0.39, 0.29) is 11.8 Å². The Kier molecular flexibility index (Phi) is 7.31. The molecule has 2 amide bonds. The molecule has 0 bridgehead atoms. The van der Waals surface area contributed by atoms with Crippen LogP contribution in [-0.2, 0) is 14.3 Å². The van der Waals surface area contributed by atoms with E-state index in [1.54, 1.807) is 7.11 Å². The Bertz CT molecular complexity index is 749. The van der Waals surface area contributed by atoms with E-state index < -0.39 is 0 Å². The van der Waals surface area contributed by atoms with Crippen molar-refractivity contribution in [3.63, 3.8) is 0 Å². The third-order valence-corrected chi connectivity index (χ3v) is 5.59. The van der Waals surface area contributed by atoms with Gasteiger partial charge >= 0.3 is 0 Å². The van der Waals surface area contributed by atoms with Crippen molar-refractivity contribution in [3.8, 4) is 5.75 Å². The predicted molar refractivity (Wildman–Crippen MR) is 112 cm³/mol. The zero-order chi connectivity index (χ0) is 20.8. The molecular formula is C23H32N2O4. The molecule has 2 heterocycles. The molecule has 2 aliphatic rings. The molecule has 2 aliphatic heterocycles. The first-order chi connectivity index (χ1) is 14.1. The lowest BCUT2D eigenvalue weighted by atomic mass is 9.97. The molecule has 1 saturated heterocycles. The number of hydrogen-bond acceptors (Lipinski definition) is 5. The van der Waals surface area contributed by atoms with Gasteiger partial charge in [0.05, 0.1) is 12.2 Å². The number of likely N-dealkylation sites (tertiary alicyclic amines) is 1. The van der Waals surface area contributed by atoms with Gasteiger partial charge in [-0.1, -0.05) is 26.0 Å². The lowest BCUT2D eigenvalue weighted by molar-refractivity contribution is -0.137. The number of carbonyl (C=O) groups is 2. The summed E-state index contributed by atoms with van der Waals surface area (Å²) in [4.78, 5) is 29.9. The minimum Gasteiger partial charge on any atom is -0.494 e. The van der Waals surface area contributed by atoms with Crippen molar-refractivity contribution >= 4 is 17.4 Å². The molecule has 29 heavy (non-hydrogen) atoms. The van der Waals surface area contributed by atoms with Crippen LogP contribution in [0.15, 0.2) is 30.0 Å². The fourth-order valence-electron chi connectivity index (χ4n) is 3.86. The highest BCUT2D eigenvalue weighted by atomic mass is 16.5. The van der Waals surface area contributed by atoms with Crippen molar-refractivity contribution in [2.24, 2.45) is 5.92 Å². The van der Waals surface area contributed by atoms with Gasteiger partial charge in [0.2, 0.25) is 0 Å². The first-order valence-corrected chi connectivity index (χ1v) is 10.6. The van der Waals surface area contributed by atoms with Gasteiger partial charge in [0.1, 0.15) is 11.4 Å². The van der Waals surface area contributed by atoms with Crippen LogP contribution < -0.4 is 4.74 Å². The topological polar surface area (TPSA) is 59.1 Å². The number of piperidine rings is 1. The highest BCUT2D eigenvalue weighted by Gasteiger charge is 2.41. The van der Waals surface area contributed by atoms with E-state index in [0.717, 1.165) is 43.7 Å². The summed E-state index contributed by atoms with van der Waals surface area (Å²) in [6.07, 6.45) is 3.64. The van der Waals surface area contributed by atoms with Gasteiger partial charge < -0.3 is 14.4 Å². The van der Waals surface area contributed by atoms with Crippen LogP contribution in [0, 0.1) is 5.92 Å². The SMILES string of the molecule is CCCOc1ccc(C2=C(N3CCC(C)CC3)C(=O)N(CCCOC)C2=O)cc1. The third kappa shape index (κ3) is 4.81. The van der Waals surface area contributed by atoms with E-state index in [1.165, 1.54) is 4.90 Å². The summed E-state index contributed by atoms with van der Waals surface area (Å²) in [5.41, 5.74) is 1.85. The minimum atomic E-state index is -0.207. The van der Waals surface area contributed by atoms with Crippen LogP contribution >= 0.6 is 0 Å². The number of amides is 2. The van der Waals surface area contributed by atoms with E-state index in [2.05, 4.69) is 18.7 Å². The fourth-order valence-corrected chi connectivity index (χ4v) is 3.86. The minimum absolute atomic E-state index is 0.179. The molecule has 1 aromatic carbocycles. The Morgan fingerprint density at radius 3 is 2.34 bits per heavy atom. The molecule has 6 nitrogen and oxygen atoms in total. The normalized spacial score (nSPS) is 18.2. The molecule has 0 aromatic heterocycles. The lowest BCUT2D eigenvalue weighted by Gasteiger charge is -2.32. The average Bonchev–Trinajstić information content (AvgIpc) is 2.98. The number of benzene rings is 1. The maximum atomic E-state index is 13.2. The zero-order valence-corrected chi connectivity index (χ0v) is 17.8. The molecule has 6 heteroatoms. The first kappa shape index (κ1) is 21.4. The highest BCUT2D eigenvalue weighted by Crippen LogP contribution is 2.34. The number of nitrogens with zero attached hydrogens (tertiary/aromatic N) is 2. The molecule has 0 unspecified atom stereocenters. The molecule has 0 aliphatic carbocycles. The summed E-state index contributed by atoms with van der Waals surface area (Å²) in [5.74, 6) is 1.04. The summed E-state index contributed by atoms with van der Waals surface area (Å²) < 4.78 is 10.8. The summed E-state index contributed by atoms with van der Waals surface area (Å²) in [5, 5.41) is 0. The zero-order valence-electron chi connectivity index (χ0n) is 17.8. The number of imide groups is 1. The monoisotopic (exact) mass is 400 g/mol. The Balaban J connectivity index is 1.90. The maximum absolute atomic E-state index is 13.2. The van der Waals surface area contributed by atoms with Crippen molar-refractivity contribution in [2.75, 3.05) is 40.0 Å².